The zero-order valence-corrected chi connectivity index (χ0v) is 8.78. The van der Waals surface area contributed by atoms with Crippen molar-refractivity contribution < 1.29 is 14.3 Å². The summed E-state index contributed by atoms with van der Waals surface area (Å²) in [7, 11) is 1.61. The Kier molecular flexibility index (Phi) is 4.07. The first-order valence-electron chi connectivity index (χ1n) is 4.93. The van der Waals surface area contributed by atoms with Gasteiger partial charge < -0.3 is 9.64 Å². The van der Waals surface area contributed by atoms with Crippen molar-refractivity contribution in [1.29, 1.82) is 0 Å². The van der Waals surface area contributed by atoms with E-state index in [-0.39, 0.29) is 18.1 Å². The third-order valence-corrected chi connectivity index (χ3v) is 2.24. The summed E-state index contributed by atoms with van der Waals surface area (Å²) in [5.74, 6) is -0.130. The van der Waals surface area contributed by atoms with Gasteiger partial charge in [0.2, 0.25) is 5.91 Å². The molecule has 0 unspecified atom stereocenters. The van der Waals surface area contributed by atoms with Crippen LogP contribution in [0.2, 0.25) is 0 Å². The zero-order chi connectivity index (χ0) is 10.6. The zero-order valence-electron chi connectivity index (χ0n) is 8.78. The lowest BCUT2D eigenvalue weighted by Gasteiger charge is -2.21. The smallest absolute Gasteiger partial charge is 0.230 e. The highest BCUT2D eigenvalue weighted by molar-refractivity contribution is 5.97. The molecule has 0 spiro atoms. The van der Waals surface area contributed by atoms with E-state index in [1.54, 1.807) is 12.0 Å². The molecule has 80 valence electrons. The molecule has 0 radical (unpaired) electrons. The fourth-order valence-electron chi connectivity index (χ4n) is 1.40. The molecule has 0 aromatic heterocycles. The summed E-state index contributed by atoms with van der Waals surface area (Å²) in [5.41, 5.74) is 0. The molecule has 1 amide bonds. The third kappa shape index (κ3) is 3.46. The molecule has 0 aromatic rings. The lowest BCUT2D eigenvalue weighted by Crippen LogP contribution is -2.36. The number of carbonyl (C=O) groups is 2. The number of methoxy groups -OCH3 is 1. The normalized spacial score (nSPS) is 15.3. The van der Waals surface area contributed by atoms with Crippen molar-refractivity contribution in [2.75, 3.05) is 20.3 Å². The Morgan fingerprint density at radius 1 is 1.43 bits per heavy atom. The van der Waals surface area contributed by atoms with E-state index >= 15 is 0 Å². The number of hydrogen-bond donors (Lipinski definition) is 0. The van der Waals surface area contributed by atoms with Gasteiger partial charge in [-0.1, -0.05) is 0 Å². The van der Waals surface area contributed by atoms with Crippen molar-refractivity contribution in [3.63, 3.8) is 0 Å². The van der Waals surface area contributed by atoms with Gasteiger partial charge >= 0.3 is 0 Å². The summed E-state index contributed by atoms with van der Waals surface area (Å²) in [4.78, 5) is 24.2. The Balaban J connectivity index is 2.40. The highest BCUT2D eigenvalue weighted by Crippen LogP contribution is 2.27. The van der Waals surface area contributed by atoms with Crippen LogP contribution >= 0.6 is 0 Å². The first kappa shape index (κ1) is 11.2. The van der Waals surface area contributed by atoms with E-state index in [9.17, 15) is 9.59 Å². The van der Waals surface area contributed by atoms with Gasteiger partial charge in [-0.3, -0.25) is 9.59 Å². The predicted octanol–water partition coefficient (Wildman–Crippen LogP) is 0.603. The first-order valence-corrected chi connectivity index (χ1v) is 4.93. The van der Waals surface area contributed by atoms with E-state index < -0.39 is 0 Å². The van der Waals surface area contributed by atoms with Crippen molar-refractivity contribution >= 4 is 11.7 Å². The molecule has 4 nitrogen and oxygen atoms in total. The van der Waals surface area contributed by atoms with Crippen LogP contribution in [0.3, 0.4) is 0 Å². The maximum atomic E-state index is 11.6. The van der Waals surface area contributed by atoms with Crippen LogP contribution in [0.4, 0.5) is 0 Å². The molecule has 0 aromatic carbocycles. The molecule has 14 heavy (non-hydrogen) atoms. The lowest BCUT2D eigenvalue weighted by atomic mass is 10.2. The Labute approximate surface area is 84.2 Å². The summed E-state index contributed by atoms with van der Waals surface area (Å²) in [6.07, 6.45) is 2.15. The molecule has 0 aliphatic heterocycles. The van der Waals surface area contributed by atoms with Gasteiger partial charge in [-0.25, -0.2) is 0 Å². The number of amides is 1. The van der Waals surface area contributed by atoms with E-state index in [0.717, 1.165) is 12.8 Å². The van der Waals surface area contributed by atoms with E-state index in [1.807, 2.05) is 0 Å². The van der Waals surface area contributed by atoms with Crippen LogP contribution in [0.25, 0.3) is 0 Å². The van der Waals surface area contributed by atoms with Crippen molar-refractivity contribution in [3.05, 3.63) is 0 Å². The van der Waals surface area contributed by atoms with Gasteiger partial charge in [0.25, 0.3) is 0 Å². The number of Topliss-reactive ketones (excluding diaryl/α,β-unsaturated/α-hetero) is 1. The van der Waals surface area contributed by atoms with Crippen LogP contribution in [0, 0.1) is 0 Å². The molecule has 1 saturated carbocycles. The molecular weight excluding hydrogens is 182 g/mol. The van der Waals surface area contributed by atoms with Gasteiger partial charge in [0.05, 0.1) is 13.0 Å². The molecule has 0 bridgehead atoms. The number of ether oxygens (including phenoxy) is 1. The SMILES string of the molecule is COCCN(C(=O)CC(C)=O)C1CC1. The molecule has 1 aliphatic carbocycles. The Morgan fingerprint density at radius 3 is 2.50 bits per heavy atom. The van der Waals surface area contributed by atoms with Crippen LogP contribution in [0.15, 0.2) is 0 Å². The van der Waals surface area contributed by atoms with Crippen molar-refractivity contribution in [2.45, 2.75) is 32.2 Å². The second kappa shape index (κ2) is 5.10. The molecule has 0 atom stereocenters. The van der Waals surface area contributed by atoms with Crippen molar-refractivity contribution in [3.8, 4) is 0 Å². The Morgan fingerprint density at radius 2 is 2.07 bits per heavy atom. The molecule has 0 heterocycles. The van der Waals surface area contributed by atoms with Crippen molar-refractivity contribution in [2.24, 2.45) is 0 Å². The first-order chi connectivity index (χ1) is 6.65. The van der Waals surface area contributed by atoms with Crippen LogP contribution in [0.1, 0.15) is 26.2 Å². The van der Waals surface area contributed by atoms with Gasteiger partial charge in [0.1, 0.15) is 5.78 Å². The van der Waals surface area contributed by atoms with Gasteiger partial charge in [-0.05, 0) is 19.8 Å². The predicted molar refractivity (Wildman–Crippen MR) is 51.9 cm³/mol. The molecule has 4 heteroatoms. The quantitative estimate of drug-likeness (QED) is 0.589. The number of carbonyl (C=O) groups excluding carboxylic acids is 2. The summed E-state index contributed by atoms with van der Waals surface area (Å²) >= 11 is 0. The standard InChI is InChI=1S/C10H17NO3/c1-8(12)7-10(13)11(5-6-14-2)9-3-4-9/h9H,3-7H2,1-2H3. The molecule has 0 N–H and O–H groups in total. The van der Waals surface area contributed by atoms with E-state index in [0.29, 0.717) is 19.2 Å². The molecular formula is C10H17NO3. The molecule has 1 fully saturated rings. The van der Waals surface area contributed by atoms with Crippen LogP contribution in [-0.2, 0) is 14.3 Å². The maximum absolute atomic E-state index is 11.6. The van der Waals surface area contributed by atoms with Gasteiger partial charge in [-0.2, -0.15) is 0 Å². The fraction of sp³-hybridized carbons (Fsp3) is 0.800. The molecule has 1 rings (SSSR count). The fourth-order valence-corrected chi connectivity index (χ4v) is 1.40. The Bertz CT molecular complexity index is 223. The van der Waals surface area contributed by atoms with Crippen LogP contribution in [-0.4, -0.2) is 42.9 Å². The van der Waals surface area contributed by atoms with Crippen LogP contribution in [0.5, 0.6) is 0 Å². The average Bonchev–Trinajstić information content (AvgIpc) is 2.87. The monoisotopic (exact) mass is 199 g/mol. The number of rotatable bonds is 6. The number of hydrogen-bond acceptors (Lipinski definition) is 3. The summed E-state index contributed by atoms with van der Waals surface area (Å²) in [6.45, 7) is 2.59. The molecule has 1 aliphatic rings. The van der Waals surface area contributed by atoms with E-state index in [4.69, 9.17) is 4.74 Å². The highest BCUT2D eigenvalue weighted by atomic mass is 16.5. The minimum atomic E-state index is -0.0712. The topological polar surface area (TPSA) is 46.6 Å². The summed E-state index contributed by atoms with van der Waals surface area (Å²) in [6, 6.07) is 0.358. The highest BCUT2D eigenvalue weighted by Gasteiger charge is 2.32. The third-order valence-electron chi connectivity index (χ3n) is 2.24. The van der Waals surface area contributed by atoms with E-state index in [2.05, 4.69) is 0 Å². The number of ketones is 1. The Hall–Kier alpha value is -0.900. The largest absolute Gasteiger partial charge is 0.383 e. The van der Waals surface area contributed by atoms with Crippen molar-refractivity contribution in [1.82, 2.24) is 4.90 Å². The minimum Gasteiger partial charge on any atom is -0.383 e. The van der Waals surface area contributed by atoms with E-state index in [1.165, 1.54) is 6.92 Å². The molecule has 0 saturated heterocycles. The van der Waals surface area contributed by atoms with Gasteiger partial charge in [0, 0.05) is 19.7 Å². The summed E-state index contributed by atoms with van der Waals surface area (Å²) < 4.78 is 4.93. The van der Waals surface area contributed by atoms with Gasteiger partial charge in [0.15, 0.2) is 0 Å². The second-order valence-electron chi connectivity index (χ2n) is 3.69. The van der Waals surface area contributed by atoms with Crippen LogP contribution < -0.4 is 0 Å². The van der Waals surface area contributed by atoms with Gasteiger partial charge in [-0.15, -0.1) is 0 Å². The maximum Gasteiger partial charge on any atom is 0.230 e. The summed E-state index contributed by atoms with van der Waals surface area (Å²) in [5, 5.41) is 0. The lowest BCUT2D eigenvalue weighted by molar-refractivity contribution is -0.135. The minimum absolute atomic E-state index is 0.0280. The average molecular weight is 199 g/mol. The second-order valence-corrected chi connectivity index (χ2v) is 3.69. The number of nitrogens with zero attached hydrogens (tertiary/aromatic N) is 1.